The lowest BCUT2D eigenvalue weighted by Gasteiger charge is -2.28. The van der Waals surface area contributed by atoms with Crippen LogP contribution in [0.25, 0.3) is 33.2 Å². The zero-order valence-electron chi connectivity index (χ0n) is 21.5. The molecule has 7 rings (SSSR count). The number of furan rings is 1. The zero-order valence-corrected chi connectivity index (χ0v) is 21.5. The largest absolute Gasteiger partial charge is 0.458 e. The van der Waals surface area contributed by atoms with Crippen LogP contribution in [0.4, 0.5) is 0 Å². The quantitative estimate of drug-likeness (QED) is 0.305. The van der Waals surface area contributed by atoms with Crippen molar-refractivity contribution >= 4 is 11.0 Å². The Morgan fingerprint density at radius 2 is 1.75 bits per heavy atom. The molecule has 0 aliphatic carbocycles. The number of aromatic nitrogens is 3. The van der Waals surface area contributed by atoms with Gasteiger partial charge in [0.1, 0.15) is 16.9 Å². The van der Waals surface area contributed by atoms with E-state index in [9.17, 15) is 5.26 Å². The van der Waals surface area contributed by atoms with Crippen LogP contribution in [0.15, 0.2) is 102 Å². The van der Waals surface area contributed by atoms with Gasteiger partial charge in [0.15, 0.2) is 11.5 Å². The number of nitriles is 1. The zero-order chi connectivity index (χ0) is 27.3. The Kier molecular flexibility index (Phi) is 5.40. The number of imidazole rings is 1. The number of rotatable bonds is 5. The van der Waals surface area contributed by atoms with Gasteiger partial charge in [-0.15, -0.1) is 0 Å². The van der Waals surface area contributed by atoms with E-state index in [1.165, 1.54) is 0 Å². The molecule has 1 atom stereocenters. The highest BCUT2D eigenvalue weighted by molar-refractivity contribution is 5.97. The summed E-state index contributed by atoms with van der Waals surface area (Å²) in [6, 6.07) is 25.4. The number of nitrogens with two attached hydrogens (primary N) is 1. The smallest absolute Gasteiger partial charge is 0.231 e. The summed E-state index contributed by atoms with van der Waals surface area (Å²) in [6.07, 6.45) is 7.04. The highest BCUT2D eigenvalue weighted by Crippen LogP contribution is 2.43. The van der Waals surface area contributed by atoms with Crippen molar-refractivity contribution in [2.75, 3.05) is 6.79 Å². The lowest BCUT2D eigenvalue weighted by molar-refractivity contribution is 0.174. The Labute approximate surface area is 229 Å². The Morgan fingerprint density at radius 3 is 2.50 bits per heavy atom. The molecule has 3 aromatic carbocycles. The second-order valence-electron chi connectivity index (χ2n) is 9.75. The summed E-state index contributed by atoms with van der Waals surface area (Å²) in [4.78, 5) is 8.65. The summed E-state index contributed by atoms with van der Waals surface area (Å²) in [6.45, 7) is 0.194. The Morgan fingerprint density at radius 1 is 0.900 bits per heavy atom. The Hall–Kier alpha value is -5.39. The van der Waals surface area contributed by atoms with E-state index in [4.69, 9.17) is 19.6 Å². The van der Waals surface area contributed by atoms with Crippen LogP contribution in [0.5, 0.6) is 11.5 Å². The van der Waals surface area contributed by atoms with Crippen molar-refractivity contribution in [2.24, 2.45) is 12.8 Å². The average molecular weight is 526 g/mol. The van der Waals surface area contributed by atoms with Crippen molar-refractivity contribution in [3.05, 3.63) is 120 Å². The molecule has 0 amide bonds. The van der Waals surface area contributed by atoms with Crippen molar-refractivity contribution in [2.45, 2.75) is 5.54 Å². The first kappa shape index (κ1) is 23.7. The molecular weight excluding hydrogens is 502 g/mol. The molecule has 3 aromatic heterocycles. The molecule has 6 aromatic rings. The number of hydrogen-bond donors (Lipinski definition) is 1. The molecule has 1 unspecified atom stereocenters. The highest BCUT2D eigenvalue weighted by Gasteiger charge is 2.38. The van der Waals surface area contributed by atoms with Gasteiger partial charge in [-0.2, -0.15) is 5.26 Å². The minimum absolute atomic E-state index is 0.194. The molecule has 1 aliphatic heterocycles. The van der Waals surface area contributed by atoms with Crippen LogP contribution in [0.2, 0.25) is 0 Å². The van der Waals surface area contributed by atoms with Crippen molar-refractivity contribution < 1.29 is 13.9 Å². The predicted octanol–water partition coefficient (Wildman–Crippen LogP) is 5.75. The number of aryl methyl sites for hydroxylation is 1. The maximum atomic E-state index is 9.35. The van der Waals surface area contributed by atoms with E-state index in [0.29, 0.717) is 28.4 Å². The fourth-order valence-corrected chi connectivity index (χ4v) is 5.29. The van der Waals surface area contributed by atoms with Crippen LogP contribution in [-0.4, -0.2) is 21.3 Å². The van der Waals surface area contributed by atoms with Gasteiger partial charge in [-0.3, -0.25) is 4.98 Å². The molecule has 8 nitrogen and oxygen atoms in total. The number of nitrogens with zero attached hydrogens (tertiary/aromatic N) is 4. The van der Waals surface area contributed by atoms with Gasteiger partial charge in [-0.05, 0) is 65.2 Å². The molecule has 0 spiro atoms. The number of benzene rings is 3. The third-order valence-corrected chi connectivity index (χ3v) is 7.37. The van der Waals surface area contributed by atoms with E-state index in [-0.39, 0.29) is 6.79 Å². The highest BCUT2D eigenvalue weighted by atomic mass is 16.7. The van der Waals surface area contributed by atoms with Crippen LogP contribution in [0.3, 0.4) is 0 Å². The van der Waals surface area contributed by atoms with Crippen molar-refractivity contribution in [3.8, 4) is 39.8 Å². The van der Waals surface area contributed by atoms with Gasteiger partial charge in [0.25, 0.3) is 0 Å². The summed E-state index contributed by atoms with van der Waals surface area (Å²) in [7, 11) is 1.90. The van der Waals surface area contributed by atoms with Gasteiger partial charge >= 0.3 is 0 Å². The monoisotopic (exact) mass is 525 g/mol. The molecule has 8 heteroatoms. The van der Waals surface area contributed by atoms with Crippen LogP contribution >= 0.6 is 0 Å². The van der Waals surface area contributed by atoms with Crippen molar-refractivity contribution in [3.63, 3.8) is 0 Å². The van der Waals surface area contributed by atoms with Crippen LogP contribution < -0.4 is 15.2 Å². The molecule has 2 N–H and O–H groups in total. The second-order valence-corrected chi connectivity index (χ2v) is 9.75. The predicted molar refractivity (Wildman–Crippen MR) is 149 cm³/mol. The number of hydrogen-bond acceptors (Lipinski definition) is 7. The summed E-state index contributed by atoms with van der Waals surface area (Å²) in [5, 5.41) is 10.2. The van der Waals surface area contributed by atoms with E-state index in [1.54, 1.807) is 30.9 Å². The summed E-state index contributed by atoms with van der Waals surface area (Å²) in [5.41, 5.74) is 12.6. The lowest BCUT2D eigenvalue weighted by Crippen LogP contribution is -2.40. The second kappa shape index (κ2) is 9.12. The number of ether oxygens (including phenoxy) is 2. The van der Waals surface area contributed by atoms with Gasteiger partial charge in [-0.25, -0.2) is 4.98 Å². The maximum absolute atomic E-state index is 9.35. The van der Waals surface area contributed by atoms with Gasteiger partial charge in [0.05, 0.1) is 29.9 Å². The van der Waals surface area contributed by atoms with Crippen LogP contribution in [0.1, 0.15) is 22.6 Å². The van der Waals surface area contributed by atoms with Crippen LogP contribution in [0, 0.1) is 11.3 Å². The first-order chi connectivity index (χ1) is 19.5. The Balaban J connectivity index is 1.49. The molecule has 0 radical (unpaired) electrons. The normalized spacial score (nSPS) is 13.7. The van der Waals surface area contributed by atoms with E-state index in [1.807, 2.05) is 66.3 Å². The van der Waals surface area contributed by atoms with Crippen molar-refractivity contribution in [1.82, 2.24) is 14.5 Å². The molecule has 0 saturated heterocycles. The molecular formula is C32H23N5O3. The number of pyridine rings is 1. The van der Waals surface area contributed by atoms with Gasteiger partial charge in [0.2, 0.25) is 6.79 Å². The van der Waals surface area contributed by atoms with Crippen molar-refractivity contribution in [1.29, 1.82) is 5.26 Å². The molecule has 1 aliphatic rings. The summed E-state index contributed by atoms with van der Waals surface area (Å²) >= 11 is 0. The minimum Gasteiger partial charge on any atom is -0.458 e. The first-order valence-electron chi connectivity index (χ1n) is 12.7. The SMILES string of the molecule is Cn1cncc1C(N)(c1ccc(C#N)cc1)c1cc2cc(-c3cccnc3)cc(-c3ccc4c(c3)OCO4)c2o1. The molecule has 0 fully saturated rings. The van der Waals surface area contributed by atoms with Gasteiger partial charge in [0, 0.05) is 36.0 Å². The fraction of sp³-hybridized carbons (Fsp3) is 0.0938. The minimum atomic E-state index is -1.18. The molecule has 4 heterocycles. The summed E-state index contributed by atoms with van der Waals surface area (Å²) in [5.74, 6) is 1.94. The lowest BCUT2D eigenvalue weighted by atomic mass is 9.84. The first-order valence-corrected chi connectivity index (χ1v) is 12.7. The average Bonchev–Trinajstić information content (AvgIpc) is 3.76. The maximum Gasteiger partial charge on any atom is 0.231 e. The van der Waals surface area contributed by atoms with Gasteiger partial charge in [-0.1, -0.05) is 24.3 Å². The van der Waals surface area contributed by atoms with Gasteiger partial charge < -0.3 is 24.2 Å². The van der Waals surface area contributed by atoms with E-state index in [2.05, 4.69) is 28.2 Å². The topological polar surface area (TPSA) is 112 Å². The molecule has 0 bridgehead atoms. The van der Waals surface area contributed by atoms with E-state index >= 15 is 0 Å². The van der Waals surface area contributed by atoms with E-state index < -0.39 is 5.54 Å². The molecule has 0 saturated carbocycles. The fourth-order valence-electron chi connectivity index (χ4n) is 5.29. The number of fused-ring (bicyclic) bond motifs is 2. The Bertz CT molecular complexity index is 1920. The standard InChI is InChI=1S/C32H23N5O3/c1-37-18-36-17-29(37)32(34,25-7-4-20(15-33)5-8-25)30-14-24-11-23(22-3-2-10-35-16-22)12-26(31(24)40-30)21-6-9-27-28(13-21)39-19-38-27/h2-14,16-18H,19,34H2,1H3. The van der Waals surface area contributed by atoms with Crippen LogP contribution in [-0.2, 0) is 12.6 Å². The molecule has 40 heavy (non-hydrogen) atoms. The molecule has 194 valence electrons. The third kappa shape index (κ3) is 3.72. The van der Waals surface area contributed by atoms with E-state index in [0.717, 1.165) is 38.9 Å². The third-order valence-electron chi connectivity index (χ3n) is 7.37. The summed E-state index contributed by atoms with van der Waals surface area (Å²) < 4.78 is 19.8.